The summed E-state index contributed by atoms with van der Waals surface area (Å²) < 4.78 is 5.04. The zero-order valence-corrected chi connectivity index (χ0v) is 10.8. The highest BCUT2D eigenvalue weighted by atomic mass is 32.1. The van der Waals surface area contributed by atoms with Crippen LogP contribution >= 0.6 is 11.3 Å². The molecule has 1 atom stereocenters. The average molecular weight is 254 g/mol. The Balaban J connectivity index is 2.00. The largest absolute Gasteiger partial charge is 0.383 e. The van der Waals surface area contributed by atoms with Gasteiger partial charge in [0.1, 0.15) is 6.04 Å². The molecule has 1 aliphatic carbocycles. The number of hydrogen-bond acceptors (Lipinski definition) is 4. The van der Waals surface area contributed by atoms with E-state index < -0.39 is 6.04 Å². The molecule has 4 nitrogen and oxygen atoms in total. The van der Waals surface area contributed by atoms with Crippen molar-refractivity contribution >= 4 is 17.2 Å². The van der Waals surface area contributed by atoms with E-state index >= 15 is 0 Å². The van der Waals surface area contributed by atoms with Crippen LogP contribution in [0, 0.1) is 0 Å². The van der Waals surface area contributed by atoms with Crippen LogP contribution in [0.1, 0.15) is 23.8 Å². The third-order valence-corrected chi connectivity index (χ3v) is 3.88. The monoisotopic (exact) mass is 254 g/mol. The lowest BCUT2D eigenvalue weighted by atomic mass is 10.2. The van der Waals surface area contributed by atoms with Crippen molar-refractivity contribution < 1.29 is 9.53 Å². The van der Waals surface area contributed by atoms with Gasteiger partial charge < -0.3 is 15.4 Å². The molecule has 0 saturated heterocycles. The maximum absolute atomic E-state index is 12.3. The Labute approximate surface area is 105 Å². The summed E-state index contributed by atoms with van der Waals surface area (Å²) in [6.07, 6.45) is 2.18. The third kappa shape index (κ3) is 3.06. The third-order valence-electron chi connectivity index (χ3n) is 2.92. The van der Waals surface area contributed by atoms with Crippen LogP contribution in [-0.4, -0.2) is 37.1 Å². The normalized spacial score (nSPS) is 16.8. The van der Waals surface area contributed by atoms with Gasteiger partial charge in [-0.15, -0.1) is 11.3 Å². The minimum absolute atomic E-state index is 0.0204. The van der Waals surface area contributed by atoms with E-state index in [1.165, 1.54) is 11.3 Å². The number of carbonyl (C=O) groups excluding carboxylic acids is 1. The second-order valence-corrected chi connectivity index (χ2v) is 5.23. The van der Waals surface area contributed by atoms with E-state index in [0.29, 0.717) is 19.2 Å². The Kier molecular flexibility index (Phi) is 4.15. The smallest absolute Gasteiger partial charge is 0.245 e. The fourth-order valence-electron chi connectivity index (χ4n) is 1.82. The predicted octanol–water partition coefficient (Wildman–Crippen LogP) is 1.39. The van der Waals surface area contributed by atoms with E-state index in [4.69, 9.17) is 10.5 Å². The van der Waals surface area contributed by atoms with Crippen molar-refractivity contribution in [3.8, 4) is 0 Å². The molecule has 0 radical (unpaired) electrons. The molecule has 1 amide bonds. The summed E-state index contributed by atoms with van der Waals surface area (Å²) in [7, 11) is 1.65. The van der Waals surface area contributed by atoms with Gasteiger partial charge in [0.25, 0.3) is 0 Å². The average Bonchev–Trinajstić information content (AvgIpc) is 3.02. The lowest BCUT2D eigenvalue weighted by Crippen LogP contribution is -2.41. The lowest BCUT2D eigenvalue weighted by molar-refractivity contribution is -0.133. The van der Waals surface area contributed by atoms with Crippen LogP contribution in [0.15, 0.2) is 17.5 Å². The van der Waals surface area contributed by atoms with E-state index in [-0.39, 0.29) is 5.91 Å². The zero-order valence-electron chi connectivity index (χ0n) is 9.96. The molecule has 1 aromatic rings. The standard InChI is InChI=1S/C12H18N2O2S/c1-16-7-6-14(9-4-5-9)12(15)11(13)10-3-2-8-17-10/h2-3,8-9,11H,4-7,13H2,1H3. The molecular formula is C12H18N2O2S. The van der Waals surface area contributed by atoms with Crippen molar-refractivity contribution in [1.29, 1.82) is 0 Å². The highest BCUT2D eigenvalue weighted by molar-refractivity contribution is 7.10. The summed E-state index contributed by atoms with van der Waals surface area (Å²) in [5.41, 5.74) is 6.00. The number of amides is 1. The molecule has 1 aliphatic rings. The van der Waals surface area contributed by atoms with Gasteiger partial charge in [-0.3, -0.25) is 4.79 Å². The zero-order chi connectivity index (χ0) is 12.3. The molecule has 1 saturated carbocycles. The number of carbonyl (C=O) groups is 1. The van der Waals surface area contributed by atoms with Gasteiger partial charge in [-0.25, -0.2) is 0 Å². The Bertz CT molecular complexity index is 363. The number of methoxy groups -OCH3 is 1. The van der Waals surface area contributed by atoms with Crippen molar-refractivity contribution in [1.82, 2.24) is 4.90 Å². The van der Waals surface area contributed by atoms with Crippen LogP contribution in [0.4, 0.5) is 0 Å². The summed E-state index contributed by atoms with van der Waals surface area (Å²) in [6, 6.07) is 3.69. The van der Waals surface area contributed by atoms with Gasteiger partial charge in [-0.2, -0.15) is 0 Å². The molecule has 2 N–H and O–H groups in total. The van der Waals surface area contributed by atoms with Gasteiger partial charge >= 0.3 is 0 Å². The first-order valence-electron chi connectivity index (χ1n) is 5.82. The van der Waals surface area contributed by atoms with Crippen LogP contribution < -0.4 is 5.73 Å². The number of hydrogen-bond donors (Lipinski definition) is 1. The molecule has 17 heavy (non-hydrogen) atoms. The Hall–Kier alpha value is -0.910. The minimum atomic E-state index is -0.521. The van der Waals surface area contributed by atoms with Gasteiger partial charge in [0.15, 0.2) is 0 Å². The molecule has 0 aliphatic heterocycles. The van der Waals surface area contributed by atoms with Crippen molar-refractivity contribution in [2.75, 3.05) is 20.3 Å². The number of nitrogens with two attached hydrogens (primary N) is 1. The van der Waals surface area contributed by atoms with E-state index in [9.17, 15) is 4.79 Å². The predicted molar refractivity (Wildman–Crippen MR) is 67.9 cm³/mol. The first-order valence-corrected chi connectivity index (χ1v) is 6.70. The summed E-state index contributed by atoms with van der Waals surface area (Å²) in [4.78, 5) is 15.1. The van der Waals surface area contributed by atoms with Crippen LogP contribution in [0.3, 0.4) is 0 Å². The second-order valence-electron chi connectivity index (χ2n) is 4.25. The minimum Gasteiger partial charge on any atom is -0.383 e. The number of nitrogens with zero attached hydrogens (tertiary/aromatic N) is 1. The summed E-state index contributed by atoms with van der Waals surface area (Å²) in [5.74, 6) is 0.0204. The van der Waals surface area contributed by atoms with Crippen LogP contribution in [0.5, 0.6) is 0 Å². The van der Waals surface area contributed by atoms with Gasteiger partial charge in [-0.05, 0) is 24.3 Å². The molecule has 0 bridgehead atoms. The van der Waals surface area contributed by atoms with Crippen molar-refractivity contribution in [3.05, 3.63) is 22.4 Å². The SMILES string of the molecule is COCCN(C(=O)C(N)c1cccs1)C1CC1. The summed E-state index contributed by atoms with van der Waals surface area (Å²) in [5, 5.41) is 1.94. The lowest BCUT2D eigenvalue weighted by Gasteiger charge is -2.24. The first kappa shape index (κ1) is 12.5. The van der Waals surface area contributed by atoms with Crippen LogP contribution in [0.2, 0.25) is 0 Å². The van der Waals surface area contributed by atoms with Crippen molar-refractivity contribution in [3.63, 3.8) is 0 Å². The Morgan fingerprint density at radius 3 is 3.00 bits per heavy atom. The van der Waals surface area contributed by atoms with Gasteiger partial charge in [0.05, 0.1) is 6.61 Å². The molecule has 0 spiro atoms. The van der Waals surface area contributed by atoms with E-state index in [2.05, 4.69) is 0 Å². The number of ether oxygens (including phenoxy) is 1. The summed E-state index contributed by atoms with van der Waals surface area (Å²) >= 11 is 1.53. The Morgan fingerprint density at radius 2 is 2.47 bits per heavy atom. The van der Waals surface area contributed by atoms with Crippen LogP contribution in [-0.2, 0) is 9.53 Å². The number of rotatable bonds is 6. The van der Waals surface area contributed by atoms with Gasteiger partial charge in [0, 0.05) is 24.6 Å². The molecule has 5 heteroatoms. The van der Waals surface area contributed by atoms with Gasteiger partial charge in [-0.1, -0.05) is 6.07 Å². The highest BCUT2D eigenvalue weighted by Crippen LogP contribution is 2.29. The van der Waals surface area contributed by atoms with Crippen molar-refractivity contribution in [2.45, 2.75) is 24.9 Å². The van der Waals surface area contributed by atoms with E-state index in [1.807, 2.05) is 22.4 Å². The van der Waals surface area contributed by atoms with E-state index in [1.54, 1.807) is 7.11 Å². The quantitative estimate of drug-likeness (QED) is 0.834. The molecule has 1 fully saturated rings. The topological polar surface area (TPSA) is 55.6 Å². The molecule has 2 rings (SSSR count). The van der Waals surface area contributed by atoms with Gasteiger partial charge in [0.2, 0.25) is 5.91 Å². The molecule has 94 valence electrons. The summed E-state index contributed by atoms with van der Waals surface area (Å²) in [6.45, 7) is 1.21. The second kappa shape index (κ2) is 5.62. The van der Waals surface area contributed by atoms with E-state index in [0.717, 1.165) is 17.7 Å². The Morgan fingerprint density at radius 1 is 1.71 bits per heavy atom. The molecule has 1 heterocycles. The molecular weight excluding hydrogens is 236 g/mol. The first-order chi connectivity index (χ1) is 8.24. The molecule has 0 aromatic carbocycles. The molecule has 1 aromatic heterocycles. The van der Waals surface area contributed by atoms with Crippen LogP contribution in [0.25, 0.3) is 0 Å². The maximum atomic E-state index is 12.3. The fourth-order valence-corrected chi connectivity index (χ4v) is 2.54. The highest BCUT2D eigenvalue weighted by Gasteiger charge is 2.35. The van der Waals surface area contributed by atoms with Crippen molar-refractivity contribution in [2.24, 2.45) is 5.73 Å². The number of thiophene rings is 1. The maximum Gasteiger partial charge on any atom is 0.245 e. The fraction of sp³-hybridized carbons (Fsp3) is 0.583. The molecule has 1 unspecified atom stereocenters.